The van der Waals surface area contributed by atoms with Crippen molar-refractivity contribution < 1.29 is 0 Å². The van der Waals surface area contributed by atoms with E-state index in [-0.39, 0.29) is 0 Å². The van der Waals surface area contributed by atoms with E-state index in [0.29, 0.717) is 5.92 Å². The second-order valence-corrected chi connectivity index (χ2v) is 2.57. The number of rotatable bonds is 1. The quantitative estimate of drug-likeness (QED) is 0.529. The molecule has 9 heavy (non-hydrogen) atoms. The first-order valence-electron chi connectivity index (χ1n) is 3.35. The first kappa shape index (κ1) is 6.53. The Morgan fingerprint density at radius 1 is 1.44 bits per heavy atom. The predicted molar refractivity (Wildman–Crippen MR) is 41.9 cm³/mol. The number of hydrogen-bond donors (Lipinski definition) is 0. The van der Waals surface area contributed by atoms with E-state index in [9.17, 15) is 0 Å². The average molecular weight is 118 g/mol. The van der Waals surface area contributed by atoms with Gasteiger partial charge in [-0.1, -0.05) is 0 Å². The van der Waals surface area contributed by atoms with Crippen LogP contribution in [0.1, 0.15) is 25.3 Å². The summed E-state index contributed by atoms with van der Waals surface area (Å²) in [5.74, 6) is 4.86. The molecule has 1 rings (SSSR count). The van der Waals surface area contributed by atoms with Crippen LogP contribution in [0.5, 0.6) is 0 Å². The molecule has 0 unspecified atom stereocenters. The minimum absolute atomic E-state index is 0.659. The molecule has 0 amide bonds. The Morgan fingerprint density at radius 2 is 2.22 bits per heavy atom. The molecule has 0 N–H and O–H groups in total. The van der Waals surface area contributed by atoms with Gasteiger partial charge in [-0.3, -0.25) is 0 Å². The van der Waals surface area contributed by atoms with Crippen LogP contribution in [0.15, 0.2) is 24.1 Å². The third-order valence-corrected chi connectivity index (χ3v) is 1.47. The first-order valence-corrected chi connectivity index (χ1v) is 3.35. The summed E-state index contributed by atoms with van der Waals surface area (Å²) < 4.78 is 0. The molecule has 1 aromatic rings. The maximum atomic E-state index is 2.20. The fourth-order valence-electron chi connectivity index (χ4n) is 0.838. The molecule has 0 aromatic carbocycles. The van der Waals surface area contributed by atoms with Crippen molar-refractivity contribution >= 4 is 6.91 Å². The minimum atomic E-state index is 0.659. The zero-order valence-electron chi connectivity index (χ0n) is 5.96. The van der Waals surface area contributed by atoms with E-state index in [2.05, 4.69) is 38.9 Å². The van der Waals surface area contributed by atoms with E-state index in [1.807, 2.05) is 5.96 Å². The maximum absolute atomic E-state index is 2.20. The van der Waals surface area contributed by atoms with Gasteiger partial charge < -0.3 is 0 Å². The Morgan fingerprint density at radius 3 is 2.56 bits per heavy atom. The fourth-order valence-corrected chi connectivity index (χ4v) is 0.838. The van der Waals surface area contributed by atoms with Crippen LogP contribution < -0.4 is 0 Å². The van der Waals surface area contributed by atoms with Gasteiger partial charge in [-0.25, -0.2) is 0 Å². The molecule has 0 aliphatic rings. The van der Waals surface area contributed by atoms with Gasteiger partial charge in [0.05, 0.1) is 0 Å². The van der Waals surface area contributed by atoms with Gasteiger partial charge in [0, 0.05) is 0 Å². The van der Waals surface area contributed by atoms with Crippen LogP contribution in [-0.2, 0) is 0 Å². The van der Waals surface area contributed by atoms with Gasteiger partial charge in [-0.2, -0.15) is 0 Å². The normalized spacial score (nSPS) is 9.67. The van der Waals surface area contributed by atoms with Gasteiger partial charge in [-0.05, 0) is 0 Å². The summed E-state index contributed by atoms with van der Waals surface area (Å²) in [6.07, 6.45) is 0. The van der Waals surface area contributed by atoms with Crippen molar-refractivity contribution in [3.05, 3.63) is 29.6 Å². The second kappa shape index (κ2) is 2.81. The van der Waals surface area contributed by atoms with E-state index < -0.39 is 0 Å². The summed E-state index contributed by atoms with van der Waals surface area (Å²) in [5.41, 5.74) is 1.41. The predicted octanol–water partition coefficient (Wildman–Crippen LogP) is 2.15. The summed E-state index contributed by atoms with van der Waals surface area (Å²) in [5, 5.41) is 0. The topological polar surface area (TPSA) is 0 Å². The van der Waals surface area contributed by atoms with E-state index in [4.69, 9.17) is 0 Å². The summed E-state index contributed by atoms with van der Waals surface area (Å²) in [4.78, 5) is 0. The first-order chi connectivity index (χ1) is 4.30. The molecule has 1 heteroatoms. The SMILES string of the molecule is CC(C)c1cbccc1. The third-order valence-electron chi connectivity index (χ3n) is 1.47. The molecule has 0 aliphatic heterocycles. The van der Waals surface area contributed by atoms with Crippen molar-refractivity contribution in [2.45, 2.75) is 19.8 Å². The molecule has 0 saturated carbocycles. The summed E-state index contributed by atoms with van der Waals surface area (Å²) in [6, 6.07) is 4.24. The van der Waals surface area contributed by atoms with Gasteiger partial charge in [0.15, 0.2) is 0 Å². The van der Waals surface area contributed by atoms with Crippen LogP contribution in [0.3, 0.4) is 0 Å². The van der Waals surface area contributed by atoms with Crippen molar-refractivity contribution in [3.63, 3.8) is 0 Å². The summed E-state index contributed by atoms with van der Waals surface area (Å²) in [7, 11) is 0. The van der Waals surface area contributed by atoms with Crippen LogP contribution in [0, 0.1) is 0 Å². The van der Waals surface area contributed by atoms with E-state index in [1.54, 1.807) is 0 Å². The fraction of sp³-hybridized carbons (Fsp3) is 0.375. The molecule has 0 radical (unpaired) electrons. The Bertz CT molecular complexity index is 167. The Hall–Kier alpha value is -0.585. The molecule has 0 fully saturated rings. The van der Waals surface area contributed by atoms with Gasteiger partial charge >= 0.3 is 56.3 Å². The zero-order valence-corrected chi connectivity index (χ0v) is 5.96. The van der Waals surface area contributed by atoms with Gasteiger partial charge in [-0.15, -0.1) is 0 Å². The molecule has 0 atom stereocenters. The van der Waals surface area contributed by atoms with Crippen LogP contribution in [0.4, 0.5) is 0 Å². The van der Waals surface area contributed by atoms with Gasteiger partial charge in [0.1, 0.15) is 0 Å². The Balaban J connectivity index is 2.85. The van der Waals surface area contributed by atoms with Gasteiger partial charge in [0.25, 0.3) is 0 Å². The molecule has 1 aromatic heterocycles. The average Bonchev–Trinajstić information content (AvgIpc) is 1.90. The summed E-state index contributed by atoms with van der Waals surface area (Å²) >= 11 is 0. The molecule has 0 spiro atoms. The van der Waals surface area contributed by atoms with Crippen LogP contribution in [0.2, 0.25) is 0 Å². The molecule has 0 saturated heterocycles. The van der Waals surface area contributed by atoms with E-state index in [0.717, 1.165) is 0 Å². The molecule has 0 aliphatic carbocycles. The molecule has 0 nitrogen and oxygen atoms in total. The van der Waals surface area contributed by atoms with Crippen molar-refractivity contribution in [2.75, 3.05) is 0 Å². The standard InChI is InChI=1S/C8H11B/c1-7(2)8-4-3-5-9-6-8/h3-7H,1-2H3. The molecular formula is C8H11B. The molecule has 46 valence electrons. The van der Waals surface area contributed by atoms with Crippen LogP contribution in [0.25, 0.3) is 0 Å². The molecular weight excluding hydrogens is 107 g/mol. The van der Waals surface area contributed by atoms with Crippen molar-refractivity contribution in [3.8, 4) is 0 Å². The Labute approximate surface area is 57.1 Å². The number of hydrogen-bond acceptors (Lipinski definition) is 0. The molecule has 1 heterocycles. The zero-order chi connectivity index (χ0) is 6.69. The van der Waals surface area contributed by atoms with Crippen LogP contribution in [-0.4, -0.2) is 6.91 Å². The van der Waals surface area contributed by atoms with Gasteiger partial charge in [0.2, 0.25) is 0 Å². The Kier molecular flexibility index (Phi) is 2.04. The van der Waals surface area contributed by atoms with Crippen molar-refractivity contribution in [1.82, 2.24) is 0 Å². The van der Waals surface area contributed by atoms with Crippen LogP contribution >= 0.6 is 0 Å². The van der Waals surface area contributed by atoms with E-state index in [1.165, 1.54) is 5.56 Å². The summed E-state index contributed by atoms with van der Waals surface area (Å²) in [6.45, 7) is 6.49. The molecule has 0 bridgehead atoms. The van der Waals surface area contributed by atoms with Crippen molar-refractivity contribution in [1.29, 1.82) is 0 Å². The second-order valence-electron chi connectivity index (χ2n) is 2.57. The third kappa shape index (κ3) is 1.67. The van der Waals surface area contributed by atoms with E-state index >= 15 is 0 Å². The monoisotopic (exact) mass is 118 g/mol. The van der Waals surface area contributed by atoms with Crippen molar-refractivity contribution in [2.24, 2.45) is 0 Å².